The normalized spacial score (nSPS) is 14.4. The molecule has 0 spiro atoms. The lowest BCUT2D eigenvalue weighted by molar-refractivity contribution is 0.336. The molecular formula is C13H18N4O. The van der Waals surface area contributed by atoms with Crippen LogP contribution in [0, 0.1) is 6.92 Å². The SMILES string of the molecule is CNC(C)C(C)c1nc(-c2cc(C)ccn2)no1. The number of aromatic nitrogens is 3. The molecule has 2 unspecified atom stereocenters. The number of hydrogen-bond acceptors (Lipinski definition) is 5. The second-order valence-electron chi connectivity index (χ2n) is 4.54. The van der Waals surface area contributed by atoms with E-state index in [2.05, 4.69) is 34.3 Å². The molecule has 0 aliphatic heterocycles. The molecule has 2 heterocycles. The largest absolute Gasteiger partial charge is 0.339 e. The quantitative estimate of drug-likeness (QED) is 0.895. The van der Waals surface area contributed by atoms with Gasteiger partial charge in [-0.05, 0) is 38.6 Å². The third-order valence-corrected chi connectivity index (χ3v) is 3.18. The lowest BCUT2D eigenvalue weighted by Gasteiger charge is -2.14. The monoisotopic (exact) mass is 246 g/mol. The Labute approximate surface area is 107 Å². The smallest absolute Gasteiger partial charge is 0.231 e. The van der Waals surface area contributed by atoms with Gasteiger partial charge in [-0.3, -0.25) is 4.98 Å². The first kappa shape index (κ1) is 12.7. The van der Waals surface area contributed by atoms with Gasteiger partial charge in [-0.25, -0.2) is 0 Å². The van der Waals surface area contributed by atoms with Gasteiger partial charge < -0.3 is 9.84 Å². The van der Waals surface area contributed by atoms with E-state index in [0.717, 1.165) is 11.3 Å². The van der Waals surface area contributed by atoms with Gasteiger partial charge in [0.2, 0.25) is 11.7 Å². The Morgan fingerprint density at radius 3 is 2.78 bits per heavy atom. The number of nitrogens with zero attached hydrogens (tertiary/aromatic N) is 3. The van der Waals surface area contributed by atoms with Gasteiger partial charge in [0.05, 0.1) is 5.92 Å². The number of pyridine rings is 1. The van der Waals surface area contributed by atoms with Gasteiger partial charge in [-0.1, -0.05) is 12.1 Å². The van der Waals surface area contributed by atoms with Gasteiger partial charge in [0.25, 0.3) is 0 Å². The lowest BCUT2D eigenvalue weighted by atomic mass is 10.0. The van der Waals surface area contributed by atoms with Crippen molar-refractivity contribution in [3.05, 3.63) is 29.8 Å². The zero-order valence-electron chi connectivity index (χ0n) is 11.1. The minimum Gasteiger partial charge on any atom is -0.339 e. The van der Waals surface area contributed by atoms with Crippen molar-refractivity contribution >= 4 is 0 Å². The molecule has 2 rings (SSSR count). The van der Waals surface area contributed by atoms with Gasteiger partial charge in [-0.2, -0.15) is 4.98 Å². The maximum Gasteiger partial charge on any atom is 0.231 e. The fourth-order valence-electron chi connectivity index (χ4n) is 1.65. The summed E-state index contributed by atoms with van der Waals surface area (Å²) in [6.45, 7) is 6.15. The van der Waals surface area contributed by atoms with Crippen LogP contribution in [0.5, 0.6) is 0 Å². The van der Waals surface area contributed by atoms with Gasteiger partial charge in [0.1, 0.15) is 5.69 Å². The second-order valence-corrected chi connectivity index (χ2v) is 4.54. The van der Waals surface area contributed by atoms with Crippen LogP contribution in [0.2, 0.25) is 0 Å². The lowest BCUT2D eigenvalue weighted by Crippen LogP contribution is -2.27. The molecule has 0 saturated heterocycles. The van der Waals surface area contributed by atoms with Crippen molar-refractivity contribution in [1.82, 2.24) is 20.4 Å². The van der Waals surface area contributed by atoms with E-state index in [1.54, 1.807) is 6.20 Å². The average Bonchev–Trinajstić information content (AvgIpc) is 2.86. The molecule has 2 atom stereocenters. The predicted octanol–water partition coefficient (Wildman–Crippen LogP) is 2.15. The van der Waals surface area contributed by atoms with E-state index >= 15 is 0 Å². The minimum atomic E-state index is 0.168. The molecule has 0 aliphatic carbocycles. The zero-order valence-corrected chi connectivity index (χ0v) is 11.1. The highest BCUT2D eigenvalue weighted by atomic mass is 16.5. The summed E-state index contributed by atoms with van der Waals surface area (Å²) < 4.78 is 5.30. The number of rotatable bonds is 4. The summed E-state index contributed by atoms with van der Waals surface area (Å²) in [6.07, 6.45) is 1.75. The van der Waals surface area contributed by atoms with Gasteiger partial charge >= 0.3 is 0 Å². The highest BCUT2D eigenvalue weighted by molar-refractivity contribution is 5.49. The van der Waals surface area contributed by atoms with Crippen LogP contribution in [-0.4, -0.2) is 28.2 Å². The van der Waals surface area contributed by atoms with Crippen LogP contribution < -0.4 is 5.32 Å². The second kappa shape index (κ2) is 5.27. The highest BCUT2D eigenvalue weighted by Crippen LogP contribution is 2.20. The molecule has 5 heteroatoms. The molecule has 0 bridgehead atoms. The fraction of sp³-hybridized carbons (Fsp3) is 0.462. The molecule has 0 amide bonds. The maximum atomic E-state index is 5.30. The molecule has 2 aromatic heterocycles. The molecule has 0 fully saturated rings. The number of hydrogen-bond donors (Lipinski definition) is 1. The van der Waals surface area contributed by atoms with Crippen LogP contribution in [0.1, 0.15) is 31.2 Å². The summed E-state index contributed by atoms with van der Waals surface area (Å²) >= 11 is 0. The molecular weight excluding hydrogens is 228 g/mol. The first-order valence-corrected chi connectivity index (χ1v) is 6.05. The van der Waals surface area contributed by atoms with Gasteiger partial charge in [-0.15, -0.1) is 0 Å². The van der Waals surface area contributed by atoms with Gasteiger partial charge in [0.15, 0.2) is 0 Å². The van der Waals surface area contributed by atoms with Crippen molar-refractivity contribution in [2.45, 2.75) is 32.7 Å². The molecule has 2 aromatic rings. The third-order valence-electron chi connectivity index (χ3n) is 3.18. The summed E-state index contributed by atoms with van der Waals surface area (Å²) in [7, 11) is 1.92. The number of aryl methyl sites for hydroxylation is 1. The van der Waals surface area contributed by atoms with Crippen molar-refractivity contribution in [2.75, 3.05) is 7.05 Å². The van der Waals surface area contributed by atoms with Gasteiger partial charge in [0, 0.05) is 12.2 Å². The van der Waals surface area contributed by atoms with Crippen molar-refractivity contribution < 1.29 is 4.52 Å². The molecule has 1 N–H and O–H groups in total. The molecule has 0 aromatic carbocycles. The summed E-state index contributed by atoms with van der Waals surface area (Å²) in [5.74, 6) is 1.35. The van der Waals surface area contributed by atoms with E-state index in [1.165, 1.54) is 0 Å². The van der Waals surface area contributed by atoms with E-state index in [0.29, 0.717) is 11.7 Å². The number of nitrogens with one attached hydrogen (secondary N) is 1. The fourth-order valence-corrected chi connectivity index (χ4v) is 1.65. The number of likely N-dealkylation sites (N-methyl/N-ethyl adjacent to an activating group) is 1. The first-order valence-electron chi connectivity index (χ1n) is 6.05. The van der Waals surface area contributed by atoms with E-state index in [4.69, 9.17) is 4.52 Å². The Hall–Kier alpha value is -1.75. The molecule has 18 heavy (non-hydrogen) atoms. The Morgan fingerprint density at radius 2 is 2.11 bits per heavy atom. The predicted molar refractivity (Wildman–Crippen MR) is 69.2 cm³/mol. The third kappa shape index (κ3) is 2.56. The summed E-state index contributed by atoms with van der Waals surface area (Å²) in [6, 6.07) is 4.17. The molecule has 5 nitrogen and oxygen atoms in total. The summed E-state index contributed by atoms with van der Waals surface area (Å²) in [5, 5.41) is 7.17. The van der Waals surface area contributed by atoms with E-state index in [1.807, 2.05) is 26.1 Å². The average molecular weight is 246 g/mol. The van der Waals surface area contributed by atoms with Crippen LogP contribution in [-0.2, 0) is 0 Å². The zero-order chi connectivity index (χ0) is 13.1. The summed E-state index contributed by atoms with van der Waals surface area (Å²) in [4.78, 5) is 8.66. The van der Waals surface area contributed by atoms with Crippen LogP contribution in [0.4, 0.5) is 0 Å². The summed E-state index contributed by atoms with van der Waals surface area (Å²) in [5.41, 5.74) is 1.87. The van der Waals surface area contributed by atoms with E-state index in [-0.39, 0.29) is 12.0 Å². The standard InChI is InChI=1S/C13H18N4O/c1-8-5-6-15-11(7-8)12-16-13(18-17-12)9(2)10(3)14-4/h5-7,9-10,14H,1-4H3. The molecule has 0 aliphatic rings. The molecule has 0 radical (unpaired) electrons. The minimum absolute atomic E-state index is 0.168. The maximum absolute atomic E-state index is 5.30. The Bertz CT molecular complexity index is 523. The van der Waals surface area contributed by atoms with Crippen molar-refractivity contribution in [1.29, 1.82) is 0 Å². The van der Waals surface area contributed by atoms with Crippen LogP contribution >= 0.6 is 0 Å². The van der Waals surface area contributed by atoms with E-state index in [9.17, 15) is 0 Å². The molecule has 96 valence electrons. The van der Waals surface area contributed by atoms with E-state index < -0.39 is 0 Å². The van der Waals surface area contributed by atoms with Crippen molar-refractivity contribution in [2.24, 2.45) is 0 Å². The Balaban J connectivity index is 2.25. The van der Waals surface area contributed by atoms with Crippen molar-refractivity contribution in [3.63, 3.8) is 0 Å². The first-order chi connectivity index (χ1) is 8.61. The topological polar surface area (TPSA) is 63.8 Å². The van der Waals surface area contributed by atoms with Crippen LogP contribution in [0.25, 0.3) is 11.5 Å². The van der Waals surface area contributed by atoms with Crippen molar-refractivity contribution in [3.8, 4) is 11.5 Å². The van der Waals surface area contributed by atoms with Crippen LogP contribution in [0.15, 0.2) is 22.9 Å². The Kier molecular flexibility index (Phi) is 3.72. The Morgan fingerprint density at radius 1 is 1.33 bits per heavy atom. The highest BCUT2D eigenvalue weighted by Gasteiger charge is 2.20. The van der Waals surface area contributed by atoms with Crippen LogP contribution in [0.3, 0.4) is 0 Å². The molecule has 0 saturated carbocycles.